The molecule has 0 aliphatic carbocycles. The van der Waals surface area contributed by atoms with Gasteiger partial charge in [-0.2, -0.15) is 5.26 Å². The highest BCUT2D eigenvalue weighted by molar-refractivity contribution is 8.00. The van der Waals surface area contributed by atoms with Gasteiger partial charge in [-0.3, -0.25) is 9.59 Å². The monoisotopic (exact) mass is 500 g/mol. The third-order valence-electron chi connectivity index (χ3n) is 4.89. The molecule has 0 fully saturated rings. The van der Waals surface area contributed by atoms with Gasteiger partial charge in [-0.25, -0.2) is 4.79 Å². The first-order valence-corrected chi connectivity index (χ1v) is 12.5. The van der Waals surface area contributed by atoms with E-state index in [2.05, 4.69) is 16.7 Å². The van der Waals surface area contributed by atoms with Crippen LogP contribution in [-0.4, -0.2) is 40.2 Å². The smallest absolute Gasteiger partial charge is 0.410 e. The standard InChI is InChI=1S/C24H28N4O4S2/c1-14(33-17-8-6-7-16(11-17)26-15(2)29)21(30)27-22-19(12-25)18-9-10-28(13-20(18)34-22)23(31)32-24(3,4)5/h6-8,11,14H,9-10,13H2,1-5H3,(H,26,29)(H,27,30). The van der Waals surface area contributed by atoms with Crippen LogP contribution in [-0.2, 0) is 27.3 Å². The van der Waals surface area contributed by atoms with E-state index in [0.717, 1.165) is 15.3 Å². The third-order valence-corrected chi connectivity index (χ3v) is 7.12. The van der Waals surface area contributed by atoms with E-state index in [-0.39, 0.29) is 17.9 Å². The van der Waals surface area contributed by atoms with Crippen molar-refractivity contribution in [2.45, 2.75) is 63.3 Å². The highest BCUT2D eigenvalue weighted by Crippen LogP contribution is 2.37. The maximum atomic E-state index is 12.9. The minimum absolute atomic E-state index is 0.163. The molecule has 10 heteroatoms. The summed E-state index contributed by atoms with van der Waals surface area (Å²) >= 11 is 2.69. The number of nitrogens with zero attached hydrogens (tertiary/aromatic N) is 2. The second-order valence-corrected chi connectivity index (χ2v) is 11.4. The molecule has 34 heavy (non-hydrogen) atoms. The largest absolute Gasteiger partial charge is 0.444 e. The molecule has 0 spiro atoms. The van der Waals surface area contributed by atoms with Gasteiger partial charge in [-0.15, -0.1) is 23.1 Å². The lowest BCUT2D eigenvalue weighted by molar-refractivity contribution is -0.115. The summed E-state index contributed by atoms with van der Waals surface area (Å²) in [5.74, 6) is -0.391. The van der Waals surface area contributed by atoms with Crippen molar-refractivity contribution < 1.29 is 19.1 Å². The van der Waals surface area contributed by atoms with Crippen molar-refractivity contribution in [3.63, 3.8) is 0 Å². The summed E-state index contributed by atoms with van der Waals surface area (Å²) in [5.41, 5.74) is 1.42. The molecule has 2 heterocycles. The van der Waals surface area contributed by atoms with Gasteiger partial charge in [-0.1, -0.05) is 6.07 Å². The molecule has 180 valence electrons. The summed E-state index contributed by atoms with van der Waals surface area (Å²) < 4.78 is 5.47. The number of nitriles is 1. The van der Waals surface area contributed by atoms with Crippen molar-refractivity contribution in [2.24, 2.45) is 0 Å². The number of benzene rings is 1. The number of nitrogens with one attached hydrogen (secondary N) is 2. The summed E-state index contributed by atoms with van der Waals surface area (Å²) in [6.07, 6.45) is 0.145. The molecule has 8 nitrogen and oxygen atoms in total. The molecule has 0 saturated heterocycles. The molecule has 2 N–H and O–H groups in total. The number of hydrogen-bond donors (Lipinski definition) is 2. The summed E-state index contributed by atoms with van der Waals surface area (Å²) in [7, 11) is 0. The molecule has 3 amide bonds. The van der Waals surface area contributed by atoms with Crippen LogP contribution >= 0.6 is 23.1 Å². The Hall–Kier alpha value is -3.03. The van der Waals surface area contributed by atoms with Crippen LogP contribution in [0.2, 0.25) is 0 Å². The van der Waals surface area contributed by atoms with Crippen LogP contribution < -0.4 is 10.6 Å². The van der Waals surface area contributed by atoms with E-state index in [1.165, 1.54) is 30.0 Å². The molecule has 0 radical (unpaired) electrons. The van der Waals surface area contributed by atoms with E-state index >= 15 is 0 Å². The number of hydrogen-bond acceptors (Lipinski definition) is 7. The molecule has 0 bridgehead atoms. The Kier molecular flexibility index (Phi) is 7.89. The van der Waals surface area contributed by atoms with Crippen LogP contribution in [0.4, 0.5) is 15.5 Å². The topological polar surface area (TPSA) is 112 Å². The molecule has 1 aliphatic rings. The lowest BCUT2D eigenvalue weighted by Gasteiger charge is -2.29. The van der Waals surface area contributed by atoms with Crippen LogP contribution in [0.15, 0.2) is 29.2 Å². The average Bonchev–Trinajstić information content (AvgIpc) is 3.08. The molecule has 0 saturated carbocycles. The molecule has 1 aromatic carbocycles. The molecule has 2 aromatic rings. The zero-order chi connectivity index (χ0) is 25.0. The summed E-state index contributed by atoms with van der Waals surface area (Å²) in [6, 6.07) is 9.50. The van der Waals surface area contributed by atoms with Crippen LogP contribution in [0, 0.1) is 11.3 Å². The van der Waals surface area contributed by atoms with Crippen molar-refractivity contribution >= 4 is 51.7 Å². The third kappa shape index (κ3) is 6.52. The van der Waals surface area contributed by atoms with Gasteiger partial charge in [0, 0.05) is 28.9 Å². The molecule has 1 aromatic heterocycles. The van der Waals surface area contributed by atoms with Gasteiger partial charge in [0.05, 0.1) is 17.4 Å². The number of fused-ring (bicyclic) bond motifs is 1. The van der Waals surface area contributed by atoms with Crippen molar-refractivity contribution in [2.75, 3.05) is 17.2 Å². The molecule has 3 rings (SSSR count). The van der Waals surface area contributed by atoms with E-state index in [1.807, 2.05) is 39.0 Å². The van der Waals surface area contributed by atoms with Crippen molar-refractivity contribution in [1.29, 1.82) is 5.26 Å². The van der Waals surface area contributed by atoms with Crippen LogP contribution in [0.25, 0.3) is 0 Å². The van der Waals surface area contributed by atoms with E-state index in [0.29, 0.717) is 35.8 Å². The summed E-state index contributed by atoms with van der Waals surface area (Å²) in [4.78, 5) is 40.0. The Morgan fingerprint density at radius 2 is 2.00 bits per heavy atom. The minimum atomic E-state index is -0.584. The fourth-order valence-corrected chi connectivity index (χ4v) is 5.56. The zero-order valence-electron chi connectivity index (χ0n) is 19.9. The minimum Gasteiger partial charge on any atom is -0.444 e. The predicted octanol–water partition coefficient (Wildman–Crippen LogP) is 4.99. The number of thioether (sulfide) groups is 1. The zero-order valence-corrected chi connectivity index (χ0v) is 21.5. The number of ether oxygens (including phenoxy) is 1. The first kappa shape index (κ1) is 25.6. The van der Waals surface area contributed by atoms with Gasteiger partial charge in [0.1, 0.15) is 16.7 Å². The fraction of sp³-hybridized carbons (Fsp3) is 0.417. The highest BCUT2D eigenvalue weighted by atomic mass is 32.2. The highest BCUT2D eigenvalue weighted by Gasteiger charge is 2.30. The molecular formula is C24H28N4O4S2. The Bertz CT molecular complexity index is 1150. The van der Waals surface area contributed by atoms with Crippen molar-refractivity contribution in [1.82, 2.24) is 4.90 Å². The number of carbonyl (C=O) groups is 3. The number of thiophene rings is 1. The SMILES string of the molecule is CC(=O)Nc1cccc(SC(C)C(=O)Nc2sc3c(c2C#N)CCN(C(=O)OC(C)(C)C)C3)c1. The summed E-state index contributed by atoms with van der Waals surface area (Å²) in [6.45, 7) is 9.49. The normalized spacial score (nSPS) is 13.9. The Morgan fingerprint density at radius 3 is 2.65 bits per heavy atom. The van der Waals surface area contributed by atoms with E-state index < -0.39 is 10.9 Å². The number of anilines is 2. The predicted molar refractivity (Wildman–Crippen MR) is 134 cm³/mol. The summed E-state index contributed by atoms with van der Waals surface area (Å²) in [5, 5.41) is 15.4. The molecule has 1 aliphatic heterocycles. The first-order valence-electron chi connectivity index (χ1n) is 10.8. The van der Waals surface area contributed by atoms with Gasteiger partial charge < -0.3 is 20.3 Å². The number of carbonyl (C=O) groups excluding carboxylic acids is 3. The van der Waals surface area contributed by atoms with Gasteiger partial charge in [-0.05, 0) is 57.9 Å². The molecule has 1 atom stereocenters. The molecular weight excluding hydrogens is 472 g/mol. The van der Waals surface area contributed by atoms with E-state index in [4.69, 9.17) is 4.74 Å². The number of amides is 3. The lowest BCUT2D eigenvalue weighted by atomic mass is 10.0. The van der Waals surface area contributed by atoms with Gasteiger partial charge in [0.25, 0.3) is 0 Å². The van der Waals surface area contributed by atoms with Gasteiger partial charge in [0.2, 0.25) is 11.8 Å². The van der Waals surface area contributed by atoms with Crippen molar-refractivity contribution in [3.05, 3.63) is 40.3 Å². The molecule has 1 unspecified atom stereocenters. The Labute approximate surface area is 207 Å². The lowest BCUT2D eigenvalue weighted by Crippen LogP contribution is -2.39. The second-order valence-electron chi connectivity index (χ2n) is 8.93. The van der Waals surface area contributed by atoms with Crippen LogP contribution in [0.3, 0.4) is 0 Å². The fourth-order valence-electron chi connectivity index (χ4n) is 3.41. The Morgan fingerprint density at radius 1 is 1.26 bits per heavy atom. The Balaban J connectivity index is 1.69. The maximum Gasteiger partial charge on any atom is 0.410 e. The maximum absolute atomic E-state index is 12.9. The van der Waals surface area contributed by atoms with Crippen molar-refractivity contribution in [3.8, 4) is 6.07 Å². The van der Waals surface area contributed by atoms with Gasteiger partial charge in [0.15, 0.2) is 0 Å². The van der Waals surface area contributed by atoms with Crippen LogP contribution in [0.5, 0.6) is 0 Å². The van der Waals surface area contributed by atoms with Gasteiger partial charge >= 0.3 is 6.09 Å². The number of rotatable bonds is 5. The quantitative estimate of drug-likeness (QED) is 0.560. The second kappa shape index (κ2) is 10.5. The van der Waals surface area contributed by atoms with Crippen LogP contribution in [0.1, 0.15) is 50.6 Å². The first-order chi connectivity index (χ1) is 16.0. The van der Waals surface area contributed by atoms with E-state index in [1.54, 1.807) is 17.9 Å². The average molecular weight is 501 g/mol. The van der Waals surface area contributed by atoms with E-state index in [9.17, 15) is 19.6 Å².